The van der Waals surface area contributed by atoms with Gasteiger partial charge in [-0.2, -0.15) is 24.7 Å². The highest BCUT2D eigenvalue weighted by molar-refractivity contribution is 5.99. The molecule has 0 bridgehead atoms. The Morgan fingerprint density at radius 1 is 1.08 bits per heavy atom. The molecule has 1 aromatic carbocycles. The number of nitrogens with one attached hydrogen (secondary N) is 2. The third-order valence-corrected chi connectivity index (χ3v) is 6.41. The molecule has 4 aromatic rings. The fourth-order valence-electron chi connectivity index (χ4n) is 4.54. The molecule has 39 heavy (non-hydrogen) atoms. The summed E-state index contributed by atoms with van der Waals surface area (Å²) in [5.41, 5.74) is 2.30. The number of fused-ring (bicyclic) bond motifs is 1. The van der Waals surface area contributed by atoms with Gasteiger partial charge in [0.2, 0.25) is 11.9 Å². The second-order valence-corrected chi connectivity index (χ2v) is 10.5. The van der Waals surface area contributed by atoms with Crippen molar-refractivity contribution in [2.75, 3.05) is 23.3 Å². The van der Waals surface area contributed by atoms with Crippen LogP contribution >= 0.6 is 0 Å². The maximum absolute atomic E-state index is 12.3. The number of hydrogen-bond donors (Lipinski definition) is 2. The zero-order chi connectivity index (χ0) is 27.6. The van der Waals surface area contributed by atoms with E-state index in [9.17, 15) is 9.59 Å². The van der Waals surface area contributed by atoms with Gasteiger partial charge in [0.05, 0.1) is 17.4 Å². The molecule has 0 atom stereocenters. The molecular weight excluding hydrogens is 498 g/mol. The Hall–Kier alpha value is -4.48. The molecule has 1 fully saturated rings. The maximum Gasteiger partial charge on any atom is 0.407 e. The Morgan fingerprint density at radius 2 is 1.85 bits per heavy atom. The van der Waals surface area contributed by atoms with E-state index in [4.69, 9.17) is 14.7 Å². The van der Waals surface area contributed by atoms with Crippen molar-refractivity contribution in [2.24, 2.45) is 0 Å². The van der Waals surface area contributed by atoms with Crippen LogP contribution in [0, 0.1) is 0 Å². The topological polar surface area (TPSA) is 132 Å². The van der Waals surface area contributed by atoms with Gasteiger partial charge in [0.15, 0.2) is 11.4 Å². The smallest absolute Gasteiger partial charge is 0.407 e. The van der Waals surface area contributed by atoms with Gasteiger partial charge >= 0.3 is 6.09 Å². The van der Waals surface area contributed by atoms with Crippen molar-refractivity contribution >= 4 is 29.4 Å². The molecule has 12 nitrogen and oxygen atoms in total. The van der Waals surface area contributed by atoms with Crippen LogP contribution in [0.5, 0.6) is 0 Å². The van der Waals surface area contributed by atoms with Crippen LogP contribution in [0.3, 0.4) is 0 Å². The van der Waals surface area contributed by atoms with Gasteiger partial charge in [0.25, 0.3) is 0 Å². The minimum absolute atomic E-state index is 0.000952. The number of aromatic nitrogens is 6. The third-order valence-electron chi connectivity index (χ3n) is 6.41. The minimum Gasteiger partial charge on any atom is -0.444 e. The van der Waals surface area contributed by atoms with Crippen molar-refractivity contribution in [3.63, 3.8) is 0 Å². The zero-order valence-corrected chi connectivity index (χ0v) is 22.6. The van der Waals surface area contributed by atoms with Gasteiger partial charge in [-0.15, -0.1) is 0 Å². The van der Waals surface area contributed by atoms with Crippen LogP contribution in [0.4, 0.5) is 16.7 Å². The number of ketones is 1. The fraction of sp³-hybridized carbons (Fsp3) is 0.407. The van der Waals surface area contributed by atoms with Crippen LogP contribution in [0.1, 0.15) is 56.5 Å². The lowest BCUT2D eigenvalue weighted by Gasteiger charge is -2.33. The first kappa shape index (κ1) is 26.1. The Kier molecular flexibility index (Phi) is 7.18. The number of alkyl carbamates (subject to hydrolysis) is 1. The third kappa shape index (κ3) is 6.00. The Labute approximate surface area is 226 Å². The first-order chi connectivity index (χ1) is 18.7. The van der Waals surface area contributed by atoms with Crippen LogP contribution in [0.2, 0.25) is 0 Å². The molecule has 12 heteroatoms. The molecular formula is C27H33N9O3. The van der Waals surface area contributed by atoms with Crippen LogP contribution in [-0.4, -0.2) is 66.0 Å². The Balaban J connectivity index is 1.36. The SMILES string of the molecule is CC(=O)c1cnn2c(NCc3ccccc3-n3cccn3)nc(N3CCC(NC(=O)OC(C)(C)C)CC3)nc12. The molecule has 0 unspecified atom stereocenters. The number of carbonyl (C=O) groups is 2. The molecule has 0 aliphatic carbocycles. The van der Waals surface area contributed by atoms with Gasteiger partial charge in [-0.3, -0.25) is 4.79 Å². The molecule has 5 rings (SSSR count). The highest BCUT2D eigenvalue weighted by Gasteiger charge is 2.26. The minimum atomic E-state index is -0.546. The molecule has 1 saturated heterocycles. The summed E-state index contributed by atoms with van der Waals surface area (Å²) in [4.78, 5) is 36.1. The number of hydrogen-bond acceptors (Lipinski definition) is 9. The number of anilines is 2. The number of nitrogens with zero attached hydrogens (tertiary/aromatic N) is 7. The molecule has 2 N–H and O–H groups in total. The van der Waals surface area contributed by atoms with E-state index in [0.29, 0.717) is 55.6 Å². The largest absolute Gasteiger partial charge is 0.444 e. The first-order valence-corrected chi connectivity index (χ1v) is 13.0. The van der Waals surface area contributed by atoms with Crippen LogP contribution < -0.4 is 15.5 Å². The zero-order valence-electron chi connectivity index (χ0n) is 22.6. The molecule has 1 aliphatic rings. The predicted molar refractivity (Wildman–Crippen MR) is 146 cm³/mol. The van der Waals surface area contributed by atoms with Crippen LogP contribution in [0.25, 0.3) is 11.3 Å². The second kappa shape index (κ2) is 10.7. The normalized spacial score (nSPS) is 14.4. The molecule has 1 amide bonds. The number of rotatable bonds is 7. The van der Waals surface area contributed by atoms with Gasteiger partial charge in [-0.1, -0.05) is 18.2 Å². The summed E-state index contributed by atoms with van der Waals surface area (Å²) in [6.07, 6.45) is 6.18. The number of benzene rings is 1. The molecule has 0 spiro atoms. The summed E-state index contributed by atoms with van der Waals surface area (Å²) in [5, 5.41) is 15.1. The van der Waals surface area contributed by atoms with E-state index in [1.165, 1.54) is 13.1 Å². The average molecular weight is 532 g/mol. The standard InChI is InChI=1S/C27H33N9O3/c1-18(37)21-17-30-36-23(21)32-25(34-14-10-20(11-15-34)31-26(38)39-27(2,3)4)33-24(36)28-16-19-8-5-6-9-22(19)35-13-7-12-29-35/h5-9,12-13,17,20H,10-11,14-16H2,1-4H3,(H,31,38)(H,28,32,33). The number of Topliss-reactive ketones (excluding diaryl/α,β-unsaturated/α-hetero) is 1. The van der Waals surface area contributed by atoms with Crippen molar-refractivity contribution in [1.29, 1.82) is 0 Å². The molecule has 0 radical (unpaired) electrons. The average Bonchev–Trinajstić information content (AvgIpc) is 3.57. The van der Waals surface area contributed by atoms with Crippen molar-refractivity contribution in [3.8, 4) is 5.69 Å². The number of carbonyl (C=O) groups excluding carboxylic acids is 2. The van der Waals surface area contributed by atoms with Crippen LogP contribution in [-0.2, 0) is 11.3 Å². The van der Waals surface area contributed by atoms with E-state index in [2.05, 4.69) is 25.7 Å². The Bertz CT molecular complexity index is 1470. The van der Waals surface area contributed by atoms with Crippen molar-refractivity contribution in [3.05, 3.63) is 60.0 Å². The quantitative estimate of drug-likeness (QED) is 0.343. The number of piperidine rings is 1. The molecule has 204 valence electrons. The molecule has 3 aromatic heterocycles. The molecule has 0 saturated carbocycles. The summed E-state index contributed by atoms with van der Waals surface area (Å²) < 4.78 is 8.77. The van der Waals surface area contributed by atoms with Crippen molar-refractivity contribution in [2.45, 2.75) is 58.7 Å². The highest BCUT2D eigenvalue weighted by atomic mass is 16.6. The van der Waals surface area contributed by atoms with Gasteiger partial charge < -0.3 is 20.3 Å². The van der Waals surface area contributed by atoms with E-state index < -0.39 is 11.7 Å². The summed E-state index contributed by atoms with van der Waals surface area (Å²) in [5.74, 6) is 0.862. The lowest BCUT2D eigenvalue weighted by atomic mass is 10.1. The van der Waals surface area contributed by atoms with Gasteiger partial charge in [0, 0.05) is 38.1 Å². The number of ether oxygens (including phenoxy) is 1. The van der Waals surface area contributed by atoms with E-state index >= 15 is 0 Å². The highest BCUT2D eigenvalue weighted by Crippen LogP contribution is 2.23. The van der Waals surface area contributed by atoms with Gasteiger partial charge in [-0.25, -0.2) is 9.48 Å². The van der Waals surface area contributed by atoms with E-state index in [0.717, 1.165) is 11.3 Å². The van der Waals surface area contributed by atoms with E-state index in [-0.39, 0.29) is 11.8 Å². The van der Waals surface area contributed by atoms with Gasteiger partial charge in [-0.05, 0) is 58.2 Å². The summed E-state index contributed by atoms with van der Waals surface area (Å²) >= 11 is 0. The first-order valence-electron chi connectivity index (χ1n) is 13.0. The predicted octanol–water partition coefficient (Wildman–Crippen LogP) is 3.62. The maximum atomic E-state index is 12.3. The monoisotopic (exact) mass is 531 g/mol. The summed E-state index contributed by atoms with van der Waals surface area (Å²) in [6.45, 7) is 8.77. The molecule has 1 aliphatic heterocycles. The van der Waals surface area contributed by atoms with Crippen molar-refractivity contribution < 1.29 is 14.3 Å². The van der Waals surface area contributed by atoms with E-state index in [1.54, 1.807) is 10.7 Å². The Morgan fingerprint density at radius 3 is 2.54 bits per heavy atom. The summed E-state index contributed by atoms with van der Waals surface area (Å²) in [6, 6.07) is 9.85. The van der Waals surface area contributed by atoms with Gasteiger partial charge in [0.1, 0.15) is 5.60 Å². The van der Waals surface area contributed by atoms with Crippen molar-refractivity contribution in [1.82, 2.24) is 34.7 Å². The number of amides is 1. The summed E-state index contributed by atoms with van der Waals surface area (Å²) in [7, 11) is 0. The lowest BCUT2D eigenvalue weighted by Crippen LogP contribution is -2.46. The van der Waals surface area contributed by atoms with E-state index in [1.807, 2.05) is 62.0 Å². The molecule has 4 heterocycles. The van der Waals surface area contributed by atoms with Crippen LogP contribution in [0.15, 0.2) is 48.9 Å². The lowest BCUT2D eigenvalue weighted by molar-refractivity contribution is 0.0497. The fourth-order valence-corrected chi connectivity index (χ4v) is 4.54. The number of para-hydroxylation sites is 1. The second-order valence-electron chi connectivity index (χ2n) is 10.5.